The van der Waals surface area contributed by atoms with Gasteiger partial charge in [-0.05, 0) is 38.4 Å². The Balaban J connectivity index is 1.54. The van der Waals surface area contributed by atoms with Crippen molar-refractivity contribution in [3.63, 3.8) is 0 Å². The zero-order valence-corrected chi connectivity index (χ0v) is 13.5. The summed E-state index contributed by atoms with van der Waals surface area (Å²) in [5.74, 6) is 0.579. The topological polar surface area (TPSA) is 41.6 Å². The molecule has 0 heterocycles. The molecule has 1 saturated carbocycles. The average Bonchev–Trinajstić information content (AvgIpc) is 2.45. The minimum absolute atomic E-state index is 0.00973. The molecular formula is C18H26N2O2. The number of nitrogens with zero attached hydrogens (tertiary/aromatic N) is 1. The predicted octanol–water partition coefficient (Wildman–Crippen LogP) is 2.22. The predicted molar refractivity (Wildman–Crippen MR) is 88.4 cm³/mol. The highest BCUT2D eigenvalue weighted by Crippen LogP contribution is 2.27. The zero-order valence-electron chi connectivity index (χ0n) is 13.5. The van der Waals surface area contributed by atoms with Crippen molar-refractivity contribution < 1.29 is 9.53 Å². The molecule has 0 aromatic heterocycles. The van der Waals surface area contributed by atoms with Gasteiger partial charge in [-0.2, -0.15) is 0 Å². The summed E-state index contributed by atoms with van der Waals surface area (Å²) >= 11 is 0. The maximum absolute atomic E-state index is 11.7. The maximum atomic E-state index is 11.7. The van der Waals surface area contributed by atoms with E-state index in [1.54, 1.807) is 6.08 Å². The third kappa shape index (κ3) is 6.00. The molecule has 4 nitrogen and oxygen atoms in total. The van der Waals surface area contributed by atoms with Gasteiger partial charge in [-0.3, -0.25) is 4.79 Å². The Hall–Kier alpha value is -1.65. The SMILES string of the molecule is CN(C)C/C=C/C(=O)NC1CC(COCc2ccccc2)C1. The molecule has 2 rings (SSSR count). The molecule has 4 heteroatoms. The molecule has 0 spiro atoms. The Kier molecular flexibility index (Phi) is 6.62. The molecular weight excluding hydrogens is 276 g/mol. The molecule has 0 unspecified atom stereocenters. The number of ether oxygens (including phenoxy) is 1. The van der Waals surface area contributed by atoms with Crippen LogP contribution < -0.4 is 5.32 Å². The Bertz CT molecular complexity index is 479. The van der Waals surface area contributed by atoms with Gasteiger partial charge in [-0.15, -0.1) is 0 Å². The Labute approximate surface area is 133 Å². The lowest BCUT2D eigenvalue weighted by Gasteiger charge is -2.35. The van der Waals surface area contributed by atoms with Crippen LogP contribution in [0, 0.1) is 5.92 Å². The van der Waals surface area contributed by atoms with Crippen LogP contribution in [0.3, 0.4) is 0 Å². The van der Waals surface area contributed by atoms with Crippen LogP contribution in [0.4, 0.5) is 0 Å². The van der Waals surface area contributed by atoms with E-state index >= 15 is 0 Å². The Morgan fingerprint density at radius 1 is 1.32 bits per heavy atom. The number of nitrogens with one attached hydrogen (secondary N) is 1. The van der Waals surface area contributed by atoms with Gasteiger partial charge in [-0.25, -0.2) is 0 Å². The van der Waals surface area contributed by atoms with Crippen LogP contribution in [-0.4, -0.2) is 44.1 Å². The van der Waals surface area contributed by atoms with E-state index in [9.17, 15) is 4.79 Å². The first-order valence-electron chi connectivity index (χ1n) is 7.87. The first-order valence-corrected chi connectivity index (χ1v) is 7.87. The average molecular weight is 302 g/mol. The molecule has 1 aromatic rings. The van der Waals surface area contributed by atoms with Gasteiger partial charge in [-0.1, -0.05) is 36.4 Å². The minimum Gasteiger partial charge on any atom is -0.376 e. The van der Waals surface area contributed by atoms with E-state index < -0.39 is 0 Å². The molecule has 0 saturated heterocycles. The lowest BCUT2D eigenvalue weighted by atomic mass is 9.81. The number of carbonyl (C=O) groups excluding carboxylic acids is 1. The molecule has 1 N–H and O–H groups in total. The normalized spacial score (nSPS) is 21.0. The molecule has 1 aliphatic rings. The van der Waals surface area contributed by atoms with Crippen LogP contribution >= 0.6 is 0 Å². The summed E-state index contributed by atoms with van der Waals surface area (Å²) in [4.78, 5) is 13.7. The largest absolute Gasteiger partial charge is 0.376 e. The molecule has 1 fully saturated rings. The van der Waals surface area contributed by atoms with Crippen molar-refractivity contribution in [2.75, 3.05) is 27.2 Å². The van der Waals surface area contributed by atoms with Gasteiger partial charge in [0.2, 0.25) is 5.91 Å². The molecule has 0 aliphatic heterocycles. The first kappa shape index (κ1) is 16.7. The van der Waals surface area contributed by atoms with Gasteiger partial charge in [0, 0.05) is 25.3 Å². The molecule has 22 heavy (non-hydrogen) atoms. The van der Waals surface area contributed by atoms with E-state index in [1.165, 1.54) is 5.56 Å². The molecule has 120 valence electrons. The van der Waals surface area contributed by atoms with E-state index in [0.29, 0.717) is 18.6 Å². The summed E-state index contributed by atoms with van der Waals surface area (Å²) in [6.07, 6.45) is 5.54. The number of benzene rings is 1. The molecule has 0 bridgehead atoms. The highest BCUT2D eigenvalue weighted by Gasteiger charge is 2.29. The van der Waals surface area contributed by atoms with Crippen molar-refractivity contribution in [2.24, 2.45) is 5.92 Å². The quantitative estimate of drug-likeness (QED) is 0.749. The van der Waals surface area contributed by atoms with Gasteiger partial charge < -0.3 is 15.0 Å². The number of carbonyl (C=O) groups is 1. The van der Waals surface area contributed by atoms with E-state index in [4.69, 9.17) is 4.74 Å². The summed E-state index contributed by atoms with van der Waals surface area (Å²) in [6, 6.07) is 10.5. The highest BCUT2D eigenvalue weighted by atomic mass is 16.5. The summed E-state index contributed by atoms with van der Waals surface area (Å²) in [5.41, 5.74) is 1.21. The van der Waals surface area contributed by atoms with Gasteiger partial charge in [0.05, 0.1) is 6.61 Å². The number of likely N-dealkylation sites (N-methyl/N-ethyl adjacent to an activating group) is 1. The fraction of sp³-hybridized carbons (Fsp3) is 0.500. The molecule has 0 atom stereocenters. The molecule has 1 aromatic carbocycles. The standard InChI is InChI=1S/C18H26N2O2/c1-20(2)10-6-9-18(21)19-17-11-16(12-17)14-22-13-15-7-4-3-5-8-15/h3-9,16-17H,10-14H2,1-2H3,(H,19,21)/b9-6+. The molecule has 1 aliphatic carbocycles. The monoisotopic (exact) mass is 302 g/mol. The fourth-order valence-electron chi connectivity index (χ4n) is 2.53. The second-order valence-electron chi connectivity index (χ2n) is 6.21. The van der Waals surface area contributed by atoms with Crippen LogP contribution in [0.5, 0.6) is 0 Å². The summed E-state index contributed by atoms with van der Waals surface area (Å²) < 4.78 is 5.74. The Morgan fingerprint density at radius 2 is 2.05 bits per heavy atom. The third-order valence-corrected chi connectivity index (χ3v) is 3.79. The summed E-state index contributed by atoms with van der Waals surface area (Å²) in [5, 5.41) is 3.03. The van der Waals surface area contributed by atoms with Crippen LogP contribution in [0.1, 0.15) is 18.4 Å². The zero-order chi connectivity index (χ0) is 15.8. The van der Waals surface area contributed by atoms with Gasteiger partial charge in [0.1, 0.15) is 0 Å². The van der Waals surface area contributed by atoms with Crippen molar-refractivity contribution in [1.82, 2.24) is 10.2 Å². The second-order valence-corrected chi connectivity index (χ2v) is 6.21. The number of hydrogen-bond donors (Lipinski definition) is 1. The second kappa shape index (κ2) is 8.71. The van der Waals surface area contributed by atoms with Crippen molar-refractivity contribution in [3.8, 4) is 0 Å². The highest BCUT2D eigenvalue weighted by molar-refractivity contribution is 5.87. The third-order valence-electron chi connectivity index (χ3n) is 3.79. The van der Waals surface area contributed by atoms with Crippen LogP contribution in [0.15, 0.2) is 42.5 Å². The maximum Gasteiger partial charge on any atom is 0.243 e. The van der Waals surface area contributed by atoms with E-state index in [1.807, 2.05) is 43.3 Å². The van der Waals surface area contributed by atoms with E-state index in [-0.39, 0.29) is 5.91 Å². The summed E-state index contributed by atoms with van der Waals surface area (Å²) in [6.45, 7) is 2.23. The smallest absolute Gasteiger partial charge is 0.243 e. The van der Waals surface area contributed by atoms with Crippen LogP contribution in [0.25, 0.3) is 0 Å². The van der Waals surface area contributed by atoms with Crippen LogP contribution in [0.2, 0.25) is 0 Å². The van der Waals surface area contributed by atoms with Gasteiger partial charge in [0.25, 0.3) is 0 Å². The van der Waals surface area contributed by atoms with E-state index in [2.05, 4.69) is 17.4 Å². The lowest BCUT2D eigenvalue weighted by Crippen LogP contribution is -2.45. The number of amides is 1. The van der Waals surface area contributed by atoms with Crippen molar-refractivity contribution in [2.45, 2.75) is 25.5 Å². The molecule has 0 radical (unpaired) electrons. The van der Waals surface area contributed by atoms with E-state index in [0.717, 1.165) is 26.0 Å². The van der Waals surface area contributed by atoms with Crippen LogP contribution in [-0.2, 0) is 16.1 Å². The van der Waals surface area contributed by atoms with Crippen molar-refractivity contribution >= 4 is 5.91 Å². The van der Waals surface area contributed by atoms with Crippen molar-refractivity contribution in [3.05, 3.63) is 48.0 Å². The fourth-order valence-corrected chi connectivity index (χ4v) is 2.53. The Morgan fingerprint density at radius 3 is 2.73 bits per heavy atom. The van der Waals surface area contributed by atoms with Gasteiger partial charge in [0.15, 0.2) is 0 Å². The van der Waals surface area contributed by atoms with Gasteiger partial charge >= 0.3 is 0 Å². The minimum atomic E-state index is 0.00973. The molecule has 1 amide bonds. The lowest BCUT2D eigenvalue weighted by molar-refractivity contribution is -0.118. The number of rotatable bonds is 8. The first-order chi connectivity index (χ1) is 10.6. The number of hydrogen-bond acceptors (Lipinski definition) is 3. The summed E-state index contributed by atoms with van der Waals surface area (Å²) in [7, 11) is 3.96. The van der Waals surface area contributed by atoms with Crippen molar-refractivity contribution in [1.29, 1.82) is 0 Å².